The second-order valence-electron chi connectivity index (χ2n) is 5.78. The highest BCUT2D eigenvalue weighted by Gasteiger charge is 2.27. The fraction of sp³-hybridized carbons (Fsp3) is 0.529. The first kappa shape index (κ1) is 16.3. The Labute approximate surface area is 131 Å². The lowest BCUT2D eigenvalue weighted by Gasteiger charge is -2.31. The quantitative estimate of drug-likeness (QED) is 0.897. The zero-order valence-electron chi connectivity index (χ0n) is 13.4. The molecule has 0 aromatic heterocycles. The zero-order chi connectivity index (χ0) is 16.1. The van der Waals surface area contributed by atoms with Gasteiger partial charge >= 0.3 is 6.03 Å². The number of urea groups is 1. The van der Waals surface area contributed by atoms with Crippen LogP contribution in [-0.2, 0) is 17.6 Å². The summed E-state index contributed by atoms with van der Waals surface area (Å²) < 4.78 is 0. The number of nitrogens with two attached hydrogens (primary N) is 1. The average molecular weight is 303 g/mol. The minimum Gasteiger partial charge on any atom is -0.369 e. The molecule has 1 heterocycles. The van der Waals surface area contributed by atoms with Crippen LogP contribution < -0.4 is 11.1 Å². The lowest BCUT2D eigenvalue weighted by atomic mass is 9.98. The molecule has 5 nitrogen and oxygen atoms in total. The molecule has 1 aliphatic rings. The van der Waals surface area contributed by atoms with Gasteiger partial charge in [-0.05, 0) is 36.8 Å². The second kappa shape index (κ2) is 7.29. The number of nitrogens with one attached hydrogen (secondary N) is 1. The van der Waals surface area contributed by atoms with E-state index in [1.165, 1.54) is 0 Å². The summed E-state index contributed by atoms with van der Waals surface area (Å²) in [6.45, 7) is 5.24. The van der Waals surface area contributed by atoms with Gasteiger partial charge in [-0.1, -0.05) is 32.0 Å². The summed E-state index contributed by atoms with van der Waals surface area (Å²) in [6, 6.07) is 5.97. The van der Waals surface area contributed by atoms with Crippen molar-refractivity contribution in [3.63, 3.8) is 0 Å². The molecule has 22 heavy (non-hydrogen) atoms. The first-order chi connectivity index (χ1) is 10.6. The number of primary amides is 1. The molecule has 1 atom stereocenters. The normalized spacial score (nSPS) is 18.1. The van der Waals surface area contributed by atoms with Crippen molar-refractivity contribution in [3.05, 3.63) is 29.3 Å². The smallest absolute Gasteiger partial charge is 0.321 e. The number of rotatable bonds is 4. The summed E-state index contributed by atoms with van der Waals surface area (Å²) in [4.78, 5) is 25.6. The van der Waals surface area contributed by atoms with Gasteiger partial charge in [-0.2, -0.15) is 0 Å². The van der Waals surface area contributed by atoms with Crippen LogP contribution in [0.1, 0.15) is 37.8 Å². The van der Waals surface area contributed by atoms with Crippen molar-refractivity contribution in [2.75, 3.05) is 18.4 Å². The maximum absolute atomic E-state index is 12.5. The fourth-order valence-electron chi connectivity index (χ4n) is 2.98. The molecular weight excluding hydrogens is 278 g/mol. The van der Waals surface area contributed by atoms with Gasteiger partial charge in [0, 0.05) is 18.8 Å². The predicted molar refractivity (Wildman–Crippen MR) is 87.7 cm³/mol. The molecule has 1 fully saturated rings. The topological polar surface area (TPSA) is 75.4 Å². The third-order valence-corrected chi connectivity index (χ3v) is 4.34. The highest BCUT2D eigenvalue weighted by Crippen LogP contribution is 2.24. The molecule has 3 amide bonds. The van der Waals surface area contributed by atoms with Crippen LogP contribution in [0.3, 0.4) is 0 Å². The van der Waals surface area contributed by atoms with E-state index in [4.69, 9.17) is 5.73 Å². The number of benzene rings is 1. The van der Waals surface area contributed by atoms with Crippen LogP contribution in [0.2, 0.25) is 0 Å². The fourth-order valence-corrected chi connectivity index (χ4v) is 2.98. The summed E-state index contributed by atoms with van der Waals surface area (Å²) in [6.07, 6.45) is 3.32. The summed E-state index contributed by atoms with van der Waals surface area (Å²) in [5.41, 5.74) is 8.56. The Hall–Kier alpha value is -2.04. The molecule has 1 saturated heterocycles. The molecule has 1 aromatic rings. The molecule has 0 radical (unpaired) electrons. The van der Waals surface area contributed by atoms with Crippen molar-refractivity contribution in [1.82, 2.24) is 4.90 Å². The van der Waals surface area contributed by atoms with Crippen molar-refractivity contribution in [2.24, 2.45) is 11.7 Å². The minimum absolute atomic E-state index is 0.137. The highest BCUT2D eigenvalue weighted by molar-refractivity contribution is 5.91. The zero-order valence-corrected chi connectivity index (χ0v) is 13.4. The Morgan fingerprint density at radius 3 is 2.45 bits per heavy atom. The van der Waals surface area contributed by atoms with Crippen LogP contribution in [0, 0.1) is 5.92 Å². The van der Waals surface area contributed by atoms with E-state index in [0.717, 1.165) is 42.5 Å². The predicted octanol–water partition coefficient (Wildman–Crippen LogP) is 2.54. The van der Waals surface area contributed by atoms with E-state index >= 15 is 0 Å². The molecular formula is C17H25N3O2. The van der Waals surface area contributed by atoms with Crippen molar-refractivity contribution in [2.45, 2.75) is 39.5 Å². The molecule has 2 rings (SSSR count). The number of piperidine rings is 1. The largest absolute Gasteiger partial charge is 0.369 e. The number of nitrogens with zero attached hydrogens (tertiary/aromatic N) is 1. The lowest BCUT2D eigenvalue weighted by molar-refractivity contribution is -0.123. The number of likely N-dealkylation sites (tertiary alicyclic amines) is 1. The van der Waals surface area contributed by atoms with Crippen LogP contribution in [0.15, 0.2) is 18.2 Å². The number of aryl methyl sites for hydroxylation is 2. The molecule has 0 spiro atoms. The van der Waals surface area contributed by atoms with E-state index in [9.17, 15) is 9.59 Å². The Bertz CT molecular complexity index is 535. The van der Waals surface area contributed by atoms with E-state index in [-0.39, 0.29) is 17.9 Å². The molecule has 3 N–H and O–H groups in total. The molecule has 0 saturated carbocycles. The van der Waals surface area contributed by atoms with Crippen molar-refractivity contribution < 1.29 is 9.59 Å². The van der Waals surface area contributed by atoms with E-state index in [2.05, 4.69) is 19.2 Å². The monoisotopic (exact) mass is 303 g/mol. The highest BCUT2D eigenvalue weighted by atomic mass is 16.2. The van der Waals surface area contributed by atoms with Gasteiger partial charge in [0.2, 0.25) is 5.91 Å². The summed E-state index contributed by atoms with van der Waals surface area (Å²) in [5.74, 6) is -0.549. The number of anilines is 1. The van der Waals surface area contributed by atoms with Crippen molar-refractivity contribution in [1.29, 1.82) is 0 Å². The number of carbonyl (C=O) groups excluding carboxylic acids is 2. The van der Waals surface area contributed by atoms with Gasteiger partial charge in [-0.15, -0.1) is 0 Å². The standard InChI is InChI=1S/C17H25N3O2/c1-3-12-7-5-8-13(4-2)15(12)19-17(22)20-10-6-9-14(11-20)16(18)21/h5,7-8,14H,3-4,6,9-11H2,1-2H3,(H2,18,21)(H,19,22). The molecule has 120 valence electrons. The van der Waals surface area contributed by atoms with E-state index in [1.54, 1.807) is 4.90 Å². The molecule has 1 aromatic carbocycles. The number of hydrogen-bond acceptors (Lipinski definition) is 2. The van der Waals surface area contributed by atoms with E-state index < -0.39 is 0 Å². The minimum atomic E-state index is -0.319. The third kappa shape index (κ3) is 3.59. The Kier molecular flexibility index (Phi) is 5.41. The summed E-state index contributed by atoms with van der Waals surface area (Å²) in [7, 11) is 0. The average Bonchev–Trinajstić information content (AvgIpc) is 2.55. The van der Waals surface area contributed by atoms with Gasteiger partial charge in [0.1, 0.15) is 0 Å². The molecule has 1 unspecified atom stereocenters. The van der Waals surface area contributed by atoms with Crippen LogP contribution in [0.4, 0.5) is 10.5 Å². The number of hydrogen-bond donors (Lipinski definition) is 2. The maximum Gasteiger partial charge on any atom is 0.321 e. The molecule has 0 aliphatic carbocycles. The number of carbonyl (C=O) groups is 2. The van der Waals surface area contributed by atoms with Crippen molar-refractivity contribution in [3.8, 4) is 0 Å². The molecule has 1 aliphatic heterocycles. The second-order valence-corrected chi connectivity index (χ2v) is 5.78. The Morgan fingerprint density at radius 1 is 1.27 bits per heavy atom. The Morgan fingerprint density at radius 2 is 1.91 bits per heavy atom. The Balaban J connectivity index is 2.13. The summed E-state index contributed by atoms with van der Waals surface area (Å²) >= 11 is 0. The number of amides is 3. The van der Waals surface area contributed by atoms with Gasteiger partial charge in [-0.3, -0.25) is 4.79 Å². The van der Waals surface area contributed by atoms with Gasteiger partial charge < -0.3 is 16.0 Å². The van der Waals surface area contributed by atoms with Gasteiger partial charge in [0.25, 0.3) is 0 Å². The van der Waals surface area contributed by atoms with E-state index in [1.807, 2.05) is 18.2 Å². The molecule has 0 bridgehead atoms. The third-order valence-electron chi connectivity index (χ3n) is 4.34. The maximum atomic E-state index is 12.5. The van der Waals surface area contributed by atoms with Gasteiger partial charge in [0.05, 0.1) is 5.92 Å². The van der Waals surface area contributed by atoms with Crippen LogP contribution >= 0.6 is 0 Å². The first-order valence-electron chi connectivity index (χ1n) is 8.02. The van der Waals surface area contributed by atoms with Crippen LogP contribution in [-0.4, -0.2) is 29.9 Å². The van der Waals surface area contributed by atoms with Gasteiger partial charge in [0.15, 0.2) is 0 Å². The van der Waals surface area contributed by atoms with E-state index in [0.29, 0.717) is 13.1 Å². The van der Waals surface area contributed by atoms with Crippen molar-refractivity contribution >= 4 is 17.6 Å². The number of para-hydroxylation sites is 1. The van der Waals surface area contributed by atoms with Crippen LogP contribution in [0.25, 0.3) is 0 Å². The molecule has 5 heteroatoms. The summed E-state index contributed by atoms with van der Waals surface area (Å²) in [5, 5.41) is 3.05. The van der Waals surface area contributed by atoms with Gasteiger partial charge in [-0.25, -0.2) is 4.79 Å². The SMILES string of the molecule is CCc1cccc(CC)c1NC(=O)N1CCCC(C(N)=O)C1. The first-order valence-corrected chi connectivity index (χ1v) is 8.02. The lowest BCUT2D eigenvalue weighted by Crippen LogP contribution is -2.46. The van der Waals surface area contributed by atoms with Crippen LogP contribution in [0.5, 0.6) is 0 Å².